The minimum absolute atomic E-state index is 0.124. The maximum absolute atomic E-state index is 12.5. The normalized spacial score (nSPS) is 22.1. The Hall–Kier alpha value is -4.36. The van der Waals surface area contributed by atoms with E-state index in [1.165, 1.54) is 6.08 Å². The lowest BCUT2D eigenvalue weighted by atomic mass is 10.0. The third-order valence-electron chi connectivity index (χ3n) is 8.73. The molecule has 218 valence electrons. The van der Waals surface area contributed by atoms with E-state index in [9.17, 15) is 15.2 Å². The molecule has 2 N–H and O–H groups in total. The average molecular weight is 568 g/mol. The molecule has 0 bridgehead atoms. The molecular formula is C32H37N7O3. The van der Waals surface area contributed by atoms with Crippen LogP contribution in [0.3, 0.4) is 0 Å². The molecular weight excluding hydrogens is 530 g/mol. The van der Waals surface area contributed by atoms with Gasteiger partial charge in [-0.3, -0.25) is 4.79 Å². The molecule has 0 radical (unpaired) electrons. The zero-order chi connectivity index (χ0) is 29.3. The number of nitrogens with one attached hydrogen (secondary N) is 1. The summed E-state index contributed by atoms with van der Waals surface area (Å²) in [4.78, 5) is 28.6. The number of carbonyl (C=O) groups is 1. The van der Waals surface area contributed by atoms with Gasteiger partial charge in [0.25, 0.3) is 0 Å². The number of rotatable bonds is 7. The molecule has 3 aliphatic heterocycles. The van der Waals surface area contributed by atoms with Crippen LogP contribution in [0.5, 0.6) is 11.8 Å². The van der Waals surface area contributed by atoms with E-state index in [2.05, 4.69) is 40.8 Å². The number of aromatic hydroxyl groups is 1. The lowest BCUT2D eigenvalue weighted by molar-refractivity contribution is -0.128. The lowest BCUT2D eigenvalue weighted by Gasteiger charge is -2.42. The maximum Gasteiger partial charge on any atom is 0.318 e. The number of anilines is 2. The highest BCUT2D eigenvalue weighted by Crippen LogP contribution is 2.37. The molecule has 0 aliphatic carbocycles. The first-order chi connectivity index (χ1) is 20.4. The molecule has 42 heavy (non-hydrogen) atoms. The predicted molar refractivity (Wildman–Crippen MR) is 162 cm³/mol. The van der Waals surface area contributed by atoms with Gasteiger partial charge in [-0.15, -0.1) is 0 Å². The second kappa shape index (κ2) is 11.5. The number of carbonyl (C=O) groups excluding carboxylic acids is 1. The summed E-state index contributed by atoms with van der Waals surface area (Å²) in [7, 11) is 0. The van der Waals surface area contributed by atoms with Gasteiger partial charge >= 0.3 is 6.01 Å². The number of aromatic nitrogens is 2. The second-order valence-electron chi connectivity index (χ2n) is 11.7. The summed E-state index contributed by atoms with van der Waals surface area (Å²) < 4.78 is 6.27. The Kier molecular flexibility index (Phi) is 7.60. The van der Waals surface area contributed by atoms with Crippen molar-refractivity contribution in [2.45, 2.75) is 50.7 Å². The first-order valence-electron chi connectivity index (χ1n) is 14.7. The molecule has 2 aromatic carbocycles. The fourth-order valence-corrected chi connectivity index (χ4v) is 6.50. The van der Waals surface area contributed by atoms with Crippen LogP contribution in [0, 0.1) is 11.3 Å². The second-order valence-corrected chi connectivity index (χ2v) is 11.7. The fourth-order valence-electron chi connectivity index (χ4n) is 6.50. The molecule has 6 rings (SSSR count). The molecule has 4 heterocycles. The molecule has 1 aromatic heterocycles. The van der Waals surface area contributed by atoms with Crippen molar-refractivity contribution < 1.29 is 14.6 Å². The summed E-state index contributed by atoms with van der Waals surface area (Å²) in [5.74, 6) is 0.887. The van der Waals surface area contributed by atoms with Crippen molar-refractivity contribution in [3.05, 3.63) is 60.3 Å². The van der Waals surface area contributed by atoms with E-state index in [0.717, 1.165) is 59.5 Å². The molecule has 1 unspecified atom stereocenters. The molecule has 0 saturated carbocycles. The molecule has 3 aromatic rings. The molecule has 2 fully saturated rings. The van der Waals surface area contributed by atoms with E-state index in [0.29, 0.717) is 45.2 Å². The van der Waals surface area contributed by atoms with E-state index in [4.69, 9.17) is 14.7 Å². The summed E-state index contributed by atoms with van der Waals surface area (Å²) in [6.45, 7) is 10.1. The summed E-state index contributed by atoms with van der Waals surface area (Å²) in [5.41, 5.74) is 2.79. The molecule has 3 aliphatic rings. The number of ether oxygens (including phenoxy) is 1. The van der Waals surface area contributed by atoms with Crippen LogP contribution in [-0.2, 0) is 17.8 Å². The summed E-state index contributed by atoms with van der Waals surface area (Å²) in [5, 5.41) is 25.6. The number of piperazine rings is 1. The minimum atomic E-state index is -0.260. The van der Waals surface area contributed by atoms with Crippen LogP contribution in [0.15, 0.2) is 49.1 Å². The van der Waals surface area contributed by atoms with Gasteiger partial charge in [0.2, 0.25) is 5.91 Å². The van der Waals surface area contributed by atoms with Crippen LogP contribution in [0.4, 0.5) is 11.5 Å². The Bertz CT molecular complexity index is 1550. The number of benzene rings is 2. The van der Waals surface area contributed by atoms with Gasteiger partial charge in [0.1, 0.15) is 18.2 Å². The largest absolute Gasteiger partial charge is 0.508 e. The van der Waals surface area contributed by atoms with Crippen molar-refractivity contribution in [2.24, 2.45) is 0 Å². The molecule has 2 saturated heterocycles. The zero-order valence-corrected chi connectivity index (χ0v) is 24.1. The van der Waals surface area contributed by atoms with Gasteiger partial charge in [-0.05, 0) is 50.3 Å². The molecule has 10 heteroatoms. The van der Waals surface area contributed by atoms with Crippen molar-refractivity contribution in [1.82, 2.24) is 20.2 Å². The van der Waals surface area contributed by atoms with Crippen molar-refractivity contribution in [3.8, 4) is 17.8 Å². The zero-order valence-electron chi connectivity index (χ0n) is 24.1. The number of fused-ring (bicyclic) bond motifs is 2. The number of hydrogen-bond donors (Lipinski definition) is 2. The predicted octanol–water partition coefficient (Wildman–Crippen LogP) is 3.54. The first kappa shape index (κ1) is 27.8. The maximum atomic E-state index is 12.5. The number of hydrogen-bond acceptors (Lipinski definition) is 9. The van der Waals surface area contributed by atoms with Crippen LogP contribution < -0.4 is 19.9 Å². The van der Waals surface area contributed by atoms with Gasteiger partial charge in [0.15, 0.2) is 0 Å². The SMILES string of the molecule is C=CC(=O)N1CCN(c2nc(OC[C@@]3(C)CCCN3)nc3c2CCN(c2cc(O)cc4ccccc24)C3)CC1CC#N. The van der Waals surface area contributed by atoms with Crippen LogP contribution in [0.1, 0.15) is 37.4 Å². The average Bonchev–Trinajstić information content (AvgIpc) is 3.45. The molecule has 2 atom stereocenters. The molecule has 1 amide bonds. The molecule has 0 spiro atoms. The number of amides is 1. The minimum Gasteiger partial charge on any atom is -0.508 e. The fraction of sp³-hybridized carbons (Fsp3) is 0.438. The Morgan fingerprint density at radius 2 is 2.12 bits per heavy atom. The highest BCUT2D eigenvalue weighted by Gasteiger charge is 2.34. The monoisotopic (exact) mass is 567 g/mol. The van der Waals surface area contributed by atoms with Gasteiger partial charge in [-0.1, -0.05) is 30.8 Å². The van der Waals surface area contributed by atoms with E-state index in [1.54, 1.807) is 11.0 Å². The Morgan fingerprint density at radius 1 is 1.26 bits per heavy atom. The Balaban J connectivity index is 1.35. The smallest absolute Gasteiger partial charge is 0.318 e. The highest BCUT2D eigenvalue weighted by atomic mass is 16.5. The lowest BCUT2D eigenvalue weighted by Crippen LogP contribution is -2.55. The Labute approximate surface area is 246 Å². The number of nitrogens with zero attached hydrogens (tertiary/aromatic N) is 6. The highest BCUT2D eigenvalue weighted by molar-refractivity contribution is 5.95. The van der Waals surface area contributed by atoms with Gasteiger partial charge in [-0.25, -0.2) is 0 Å². The Morgan fingerprint density at radius 3 is 2.90 bits per heavy atom. The number of phenols is 1. The standard InChI is InChI=1S/C32H37N7O3/c1-3-29(41)39-16-15-38(19-23(39)9-12-33)30-26-10-14-37(28-18-24(40)17-22-7-4-5-8-25(22)28)20-27(26)35-31(36-30)42-21-32(2)11-6-13-34-32/h3-5,7-8,17-18,23,34,40H,1,6,9-11,13-16,19-21H2,2H3/t23?,32-/m1/s1. The van der Waals surface area contributed by atoms with Gasteiger partial charge in [0, 0.05) is 54.4 Å². The van der Waals surface area contributed by atoms with Crippen LogP contribution in [0.25, 0.3) is 10.8 Å². The van der Waals surface area contributed by atoms with Crippen LogP contribution in [0.2, 0.25) is 0 Å². The van der Waals surface area contributed by atoms with Crippen molar-refractivity contribution in [1.29, 1.82) is 5.26 Å². The van der Waals surface area contributed by atoms with Gasteiger partial charge < -0.3 is 29.9 Å². The summed E-state index contributed by atoms with van der Waals surface area (Å²) >= 11 is 0. The van der Waals surface area contributed by atoms with Crippen molar-refractivity contribution in [3.63, 3.8) is 0 Å². The van der Waals surface area contributed by atoms with E-state index in [1.807, 2.05) is 24.3 Å². The van der Waals surface area contributed by atoms with Gasteiger partial charge in [0.05, 0.1) is 30.8 Å². The van der Waals surface area contributed by atoms with Gasteiger partial charge in [-0.2, -0.15) is 15.2 Å². The number of phenolic OH excluding ortho intramolecular Hbond substituents is 1. The summed E-state index contributed by atoms with van der Waals surface area (Å²) in [6, 6.07) is 14.0. The van der Waals surface area contributed by atoms with E-state index in [-0.39, 0.29) is 29.7 Å². The summed E-state index contributed by atoms with van der Waals surface area (Å²) in [6.07, 6.45) is 4.39. The molecule has 10 nitrogen and oxygen atoms in total. The first-order valence-corrected chi connectivity index (χ1v) is 14.7. The third kappa shape index (κ3) is 5.44. The van der Waals surface area contributed by atoms with Crippen molar-refractivity contribution >= 4 is 28.2 Å². The topological polar surface area (TPSA) is 118 Å². The van der Waals surface area contributed by atoms with Crippen LogP contribution >= 0.6 is 0 Å². The quantitative estimate of drug-likeness (QED) is 0.414. The van der Waals surface area contributed by atoms with Crippen molar-refractivity contribution in [2.75, 3.05) is 49.1 Å². The van der Waals surface area contributed by atoms with Crippen LogP contribution in [-0.4, -0.2) is 76.8 Å². The van der Waals surface area contributed by atoms with E-state index >= 15 is 0 Å². The number of nitriles is 1. The van der Waals surface area contributed by atoms with E-state index < -0.39 is 0 Å². The third-order valence-corrected chi connectivity index (χ3v) is 8.73.